The number of oxime groups is 1. The second-order valence-corrected chi connectivity index (χ2v) is 3.73. The SMILES string of the molecule is N/C(=N/O)c1c(F)cccc1NC(=O)c1ccnnc1. The Morgan fingerprint density at radius 2 is 2.15 bits per heavy atom. The van der Waals surface area contributed by atoms with Crippen molar-refractivity contribution < 1.29 is 14.4 Å². The molecule has 8 heteroatoms. The van der Waals surface area contributed by atoms with Crippen molar-refractivity contribution in [1.29, 1.82) is 0 Å². The maximum Gasteiger partial charge on any atom is 0.257 e. The van der Waals surface area contributed by atoms with Crippen LogP contribution in [0.1, 0.15) is 15.9 Å². The van der Waals surface area contributed by atoms with E-state index >= 15 is 0 Å². The molecule has 2 rings (SSSR count). The topological polar surface area (TPSA) is 113 Å². The van der Waals surface area contributed by atoms with Crippen LogP contribution in [0.4, 0.5) is 10.1 Å². The standard InChI is InChI=1S/C12H10FN5O2/c13-8-2-1-3-9(10(8)11(14)18-20)17-12(19)7-4-5-15-16-6-7/h1-6,20H,(H2,14,18)(H,17,19). The summed E-state index contributed by atoms with van der Waals surface area (Å²) < 4.78 is 13.7. The number of rotatable bonds is 3. The number of halogens is 1. The van der Waals surface area contributed by atoms with Gasteiger partial charge in [0, 0.05) is 0 Å². The van der Waals surface area contributed by atoms with Gasteiger partial charge in [0.2, 0.25) is 0 Å². The van der Waals surface area contributed by atoms with Crippen LogP contribution < -0.4 is 11.1 Å². The molecule has 0 aliphatic rings. The maximum atomic E-state index is 13.7. The molecule has 0 aliphatic carbocycles. The number of anilines is 1. The van der Waals surface area contributed by atoms with Crippen molar-refractivity contribution in [1.82, 2.24) is 10.2 Å². The van der Waals surface area contributed by atoms with Crippen LogP contribution in [-0.2, 0) is 0 Å². The van der Waals surface area contributed by atoms with E-state index in [1.165, 1.54) is 30.6 Å². The summed E-state index contributed by atoms with van der Waals surface area (Å²) in [5.74, 6) is -1.67. The molecule has 0 saturated heterocycles. The van der Waals surface area contributed by atoms with Crippen molar-refractivity contribution in [3.05, 3.63) is 53.6 Å². The second kappa shape index (κ2) is 5.74. The Morgan fingerprint density at radius 3 is 2.80 bits per heavy atom. The van der Waals surface area contributed by atoms with Gasteiger partial charge in [-0.1, -0.05) is 11.2 Å². The highest BCUT2D eigenvalue weighted by Gasteiger charge is 2.15. The fourth-order valence-corrected chi connectivity index (χ4v) is 1.56. The molecule has 0 atom stereocenters. The van der Waals surface area contributed by atoms with Crippen molar-refractivity contribution in [3.8, 4) is 0 Å². The monoisotopic (exact) mass is 275 g/mol. The number of carbonyl (C=O) groups excluding carboxylic acids is 1. The summed E-state index contributed by atoms with van der Waals surface area (Å²) in [5.41, 5.74) is 5.54. The van der Waals surface area contributed by atoms with Gasteiger partial charge in [0.05, 0.1) is 29.2 Å². The number of nitrogens with zero attached hydrogens (tertiary/aromatic N) is 3. The first-order valence-electron chi connectivity index (χ1n) is 5.48. The predicted octanol–water partition coefficient (Wildman–Crippen LogP) is 0.963. The summed E-state index contributed by atoms with van der Waals surface area (Å²) in [7, 11) is 0. The van der Waals surface area contributed by atoms with Crippen LogP contribution in [0.25, 0.3) is 0 Å². The van der Waals surface area contributed by atoms with Gasteiger partial charge in [-0.2, -0.15) is 10.2 Å². The van der Waals surface area contributed by atoms with Gasteiger partial charge in [0.1, 0.15) is 5.82 Å². The molecule has 7 nitrogen and oxygen atoms in total. The Labute approximate surface area is 112 Å². The van der Waals surface area contributed by atoms with Crippen LogP contribution in [0, 0.1) is 5.82 Å². The van der Waals surface area contributed by atoms with Crippen molar-refractivity contribution in [2.45, 2.75) is 0 Å². The van der Waals surface area contributed by atoms with E-state index in [4.69, 9.17) is 10.9 Å². The molecule has 20 heavy (non-hydrogen) atoms. The minimum absolute atomic E-state index is 0.0853. The quantitative estimate of drug-likeness (QED) is 0.334. The second-order valence-electron chi connectivity index (χ2n) is 3.73. The number of nitrogens with two attached hydrogens (primary N) is 1. The molecule has 0 bridgehead atoms. The molecule has 0 spiro atoms. The van der Waals surface area contributed by atoms with E-state index in [-0.39, 0.29) is 16.8 Å². The minimum atomic E-state index is -0.717. The molecule has 0 aliphatic heterocycles. The summed E-state index contributed by atoms with van der Waals surface area (Å²) in [6.07, 6.45) is 2.61. The molecule has 0 fully saturated rings. The molecule has 102 valence electrons. The van der Waals surface area contributed by atoms with E-state index in [1.54, 1.807) is 0 Å². The first-order valence-corrected chi connectivity index (χ1v) is 5.48. The van der Waals surface area contributed by atoms with E-state index < -0.39 is 17.6 Å². The Hall–Kier alpha value is -3.03. The lowest BCUT2D eigenvalue weighted by Crippen LogP contribution is -2.20. The molecular weight excluding hydrogens is 265 g/mol. The Balaban J connectivity index is 2.35. The number of benzene rings is 1. The number of carbonyl (C=O) groups is 1. The van der Waals surface area contributed by atoms with Gasteiger partial charge >= 0.3 is 0 Å². The zero-order chi connectivity index (χ0) is 14.5. The predicted molar refractivity (Wildman–Crippen MR) is 68.9 cm³/mol. The highest BCUT2D eigenvalue weighted by atomic mass is 19.1. The van der Waals surface area contributed by atoms with Gasteiger partial charge in [-0.3, -0.25) is 4.79 Å². The average Bonchev–Trinajstić information content (AvgIpc) is 2.47. The van der Waals surface area contributed by atoms with Crippen LogP contribution >= 0.6 is 0 Å². The number of nitrogens with one attached hydrogen (secondary N) is 1. The summed E-state index contributed by atoms with van der Waals surface area (Å²) >= 11 is 0. The number of aromatic nitrogens is 2. The van der Waals surface area contributed by atoms with Crippen LogP contribution in [0.15, 0.2) is 41.8 Å². The molecule has 2 aromatic rings. The highest BCUT2D eigenvalue weighted by molar-refractivity contribution is 6.09. The summed E-state index contributed by atoms with van der Waals surface area (Å²) in [6.45, 7) is 0. The van der Waals surface area contributed by atoms with Crippen molar-refractivity contribution in [2.24, 2.45) is 10.9 Å². The zero-order valence-corrected chi connectivity index (χ0v) is 10.1. The maximum absolute atomic E-state index is 13.7. The number of hydrogen-bond donors (Lipinski definition) is 3. The van der Waals surface area contributed by atoms with E-state index in [0.717, 1.165) is 6.07 Å². The number of hydrogen-bond acceptors (Lipinski definition) is 5. The third-order valence-electron chi connectivity index (χ3n) is 2.47. The first kappa shape index (κ1) is 13.4. The summed E-state index contributed by atoms with van der Waals surface area (Å²) in [6, 6.07) is 5.41. The minimum Gasteiger partial charge on any atom is -0.409 e. The molecule has 0 saturated carbocycles. The van der Waals surface area contributed by atoms with Crippen LogP contribution in [0.2, 0.25) is 0 Å². The fraction of sp³-hybridized carbons (Fsp3) is 0. The molecule has 1 aromatic heterocycles. The van der Waals surface area contributed by atoms with Gasteiger partial charge in [0.25, 0.3) is 5.91 Å². The lowest BCUT2D eigenvalue weighted by Gasteiger charge is -2.10. The average molecular weight is 275 g/mol. The molecule has 1 amide bonds. The van der Waals surface area contributed by atoms with Crippen LogP contribution in [0.5, 0.6) is 0 Å². The molecule has 0 radical (unpaired) electrons. The van der Waals surface area contributed by atoms with Crippen molar-refractivity contribution in [2.75, 3.05) is 5.32 Å². The normalized spacial score (nSPS) is 11.2. The van der Waals surface area contributed by atoms with Gasteiger partial charge in [-0.05, 0) is 18.2 Å². The van der Waals surface area contributed by atoms with E-state index in [9.17, 15) is 9.18 Å². The Bertz CT molecular complexity index is 660. The number of amides is 1. The number of amidine groups is 1. The van der Waals surface area contributed by atoms with Gasteiger partial charge < -0.3 is 16.3 Å². The van der Waals surface area contributed by atoms with E-state index in [0.29, 0.717) is 0 Å². The highest BCUT2D eigenvalue weighted by Crippen LogP contribution is 2.19. The van der Waals surface area contributed by atoms with Crippen molar-refractivity contribution in [3.63, 3.8) is 0 Å². The smallest absolute Gasteiger partial charge is 0.257 e. The largest absolute Gasteiger partial charge is 0.409 e. The summed E-state index contributed by atoms with van der Waals surface area (Å²) in [4.78, 5) is 11.9. The van der Waals surface area contributed by atoms with Gasteiger partial charge in [-0.25, -0.2) is 4.39 Å². The van der Waals surface area contributed by atoms with Crippen LogP contribution in [-0.4, -0.2) is 27.1 Å². The third-order valence-corrected chi connectivity index (χ3v) is 2.47. The molecule has 4 N–H and O–H groups in total. The van der Waals surface area contributed by atoms with Crippen LogP contribution in [0.3, 0.4) is 0 Å². The molecule has 1 aromatic carbocycles. The van der Waals surface area contributed by atoms with E-state index in [1.807, 2.05) is 0 Å². The van der Waals surface area contributed by atoms with Gasteiger partial charge in [0.15, 0.2) is 5.84 Å². The first-order chi connectivity index (χ1) is 9.63. The lowest BCUT2D eigenvalue weighted by molar-refractivity contribution is 0.102. The zero-order valence-electron chi connectivity index (χ0n) is 10.1. The van der Waals surface area contributed by atoms with Crippen molar-refractivity contribution >= 4 is 17.4 Å². The molecule has 1 heterocycles. The lowest BCUT2D eigenvalue weighted by atomic mass is 10.1. The third kappa shape index (κ3) is 2.69. The summed E-state index contributed by atoms with van der Waals surface area (Å²) in [5, 5.41) is 21.0. The van der Waals surface area contributed by atoms with E-state index in [2.05, 4.69) is 20.7 Å². The molecular formula is C12H10FN5O2. The Morgan fingerprint density at radius 1 is 1.35 bits per heavy atom. The van der Waals surface area contributed by atoms with Gasteiger partial charge in [-0.15, -0.1) is 0 Å². The fourth-order valence-electron chi connectivity index (χ4n) is 1.56. The molecule has 0 unspecified atom stereocenters. The Kier molecular flexibility index (Phi) is 3.85.